The van der Waals surface area contributed by atoms with Crippen LogP contribution in [-0.2, 0) is 0 Å². The maximum atomic E-state index is 12.0. The van der Waals surface area contributed by atoms with E-state index in [0.29, 0.717) is 28.5 Å². The molecule has 19 heavy (non-hydrogen) atoms. The van der Waals surface area contributed by atoms with E-state index in [1.54, 1.807) is 18.2 Å². The first-order chi connectivity index (χ1) is 8.97. The van der Waals surface area contributed by atoms with Crippen LogP contribution in [0, 0.1) is 5.92 Å². The second kappa shape index (κ2) is 5.30. The SMILES string of the molecule is CC(C)CCN(C)c1nc2ccc(N)cc2c(=O)[nH]1. The number of anilines is 2. The van der Waals surface area contributed by atoms with E-state index in [2.05, 4.69) is 23.8 Å². The van der Waals surface area contributed by atoms with Gasteiger partial charge in [0.25, 0.3) is 5.56 Å². The van der Waals surface area contributed by atoms with E-state index in [1.807, 2.05) is 11.9 Å². The Morgan fingerprint density at radius 3 is 2.84 bits per heavy atom. The van der Waals surface area contributed by atoms with Crippen LogP contribution in [0.3, 0.4) is 0 Å². The van der Waals surface area contributed by atoms with Crippen molar-refractivity contribution in [3.05, 3.63) is 28.6 Å². The Morgan fingerprint density at radius 2 is 2.16 bits per heavy atom. The second-order valence-corrected chi connectivity index (χ2v) is 5.27. The molecule has 0 amide bonds. The Morgan fingerprint density at radius 1 is 1.42 bits per heavy atom. The first-order valence-electron chi connectivity index (χ1n) is 6.48. The van der Waals surface area contributed by atoms with E-state index >= 15 is 0 Å². The molecule has 0 atom stereocenters. The van der Waals surface area contributed by atoms with Crippen molar-refractivity contribution in [2.24, 2.45) is 5.92 Å². The van der Waals surface area contributed by atoms with Gasteiger partial charge in [-0.25, -0.2) is 4.98 Å². The smallest absolute Gasteiger partial charge is 0.260 e. The molecule has 0 aliphatic heterocycles. The summed E-state index contributed by atoms with van der Waals surface area (Å²) in [5.41, 5.74) is 6.77. The molecule has 0 spiro atoms. The molecular formula is C14H20N4O. The monoisotopic (exact) mass is 260 g/mol. The van der Waals surface area contributed by atoms with Gasteiger partial charge in [-0.3, -0.25) is 9.78 Å². The van der Waals surface area contributed by atoms with Crippen LogP contribution in [0.4, 0.5) is 11.6 Å². The highest BCUT2D eigenvalue weighted by molar-refractivity contribution is 5.81. The van der Waals surface area contributed by atoms with Gasteiger partial charge in [0.1, 0.15) is 0 Å². The third-order valence-electron chi connectivity index (χ3n) is 3.12. The van der Waals surface area contributed by atoms with Crippen LogP contribution >= 0.6 is 0 Å². The molecule has 0 saturated heterocycles. The number of nitrogens with two attached hydrogens (primary N) is 1. The Labute approximate surface area is 112 Å². The van der Waals surface area contributed by atoms with E-state index in [4.69, 9.17) is 5.73 Å². The zero-order valence-corrected chi connectivity index (χ0v) is 11.6. The zero-order valence-electron chi connectivity index (χ0n) is 11.6. The molecule has 0 aliphatic carbocycles. The lowest BCUT2D eigenvalue weighted by molar-refractivity contribution is 0.582. The second-order valence-electron chi connectivity index (χ2n) is 5.27. The van der Waals surface area contributed by atoms with Crippen LogP contribution in [-0.4, -0.2) is 23.6 Å². The van der Waals surface area contributed by atoms with Crippen molar-refractivity contribution in [3.8, 4) is 0 Å². The number of nitrogens with zero attached hydrogens (tertiary/aromatic N) is 2. The van der Waals surface area contributed by atoms with Gasteiger partial charge in [-0.05, 0) is 30.5 Å². The van der Waals surface area contributed by atoms with Gasteiger partial charge in [-0.2, -0.15) is 0 Å². The molecule has 0 saturated carbocycles. The summed E-state index contributed by atoms with van der Waals surface area (Å²) in [7, 11) is 1.93. The zero-order chi connectivity index (χ0) is 14.0. The summed E-state index contributed by atoms with van der Waals surface area (Å²) in [6.45, 7) is 5.21. The Balaban J connectivity index is 2.35. The molecule has 1 aromatic carbocycles. The average Bonchev–Trinajstić information content (AvgIpc) is 2.36. The Hall–Kier alpha value is -2.04. The predicted octanol–water partition coefficient (Wildman–Crippen LogP) is 1.99. The van der Waals surface area contributed by atoms with Crippen molar-refractivity contribution in [1.82, 2.24) is 9.97 Å². The van der Waals surface area contributed by atoms with Gasteiger partial charge in [-0.1, -0.05) is 13.8 Å². The molecule has 0 fully saturated rings. The van der Waals surface area contributed by atoms with Gasteiger partial charge in [0, 0.05) is 19.3 Å². The molecule has 2 rings (SSSR count). The molecule has 102 valence electrons. The highest BCUT2D eigenvalue weighted by Crippen LogP contribution is 2.14. The van der Waals surface area contributed by atoms with Crippen molar-refractivity contribution in [3.63, 3.8) is 0 Å². The minimum absolute atomic E-state index is 0.149. The molecule has 0 aliphatic rings. The van der Waals surface area contributed by atoms with Crippen LogP contribution in [0.25, 0.3) is 10.9 Å². The molecule has 5 heteroatoms. The fraction of sp³-hybridized carbons (Fsp3) is 0.429. The molecule has 1 heterocycles. The van der Waals surface area contributed by atoms with E-state index in [-0.39, 0.29) is 5.56 Å². The number of benzene rings is 1. The third kappa shape index (κ3) is 3.05. The number of hydrogen-bond acceptors (Lipinski definition) is 4. The van der Waals surface area contributed by atoms with Crippen LogP contribution < -0.4 is 16.2 Å². The highest BCUT2D eigenvalue weighted by atomic mass is 16.1. The number of hydrogen-bond donors (Lipinski definition) is 2. The van der Waals surface area contributed by atoms with Crippen molar-refractivity contribution < 1.29 is 0 Å². The van der Waals surface area contributed by atoms with Gasteiger partial charge < -0.3 is 10.6 Å². The summed E-state index contributed by atoms with van der Waals surface area (Å²) in [5, 5.41) is 0.529. The molecule has 2 aromatic rings. The van der Waals surface area contributed by atoms with Crippen molar-refractivity contribution >= 4 is 22.5 Å². The standard InChI is InChI=1S/C14H20N4O/c1-9(2)6-7-18(3)14-16-12-5-4-10(15)8-11(12)13(19)17-14/h4-5,8-9H,6-7,15H2,1-3H3,(H,16,17,19). The van der Waals surface area contributed by atoms with Crippen molar-refractivity contribution in [2.45, 2.75) is 20.3 Å². The fourth-order valence-corrected chi connectivity index (χ4v) is 1.88. The van der Waals surface area contributed by atoms with Crippen LogP contribution in [0.2, 0.25) is 0 Å². The summed E-state index contributed by atoms with van der Waals surface area (Å²) in [6.07, 6.45) is 1.06. The largest absolute Gasteiger partial charge is 0.399 e. The first-order valence-corrected chi connectivity index (χ1v) is 6.48. The van der Waals surface area contributed by atoms with Crippen LogP contribution in [0.15, 0.2) is 23.0 Å². The molecule has 0 unspecified atom stereocenters. The summed E-state index contributed by atoms with van der Waals surface area (Å²) >= 11 is 0. The fourth-order valence-electron chi connectivity index (χ4n) is 1.88. The van der Waals surface area contributed by atoms with Gasteiger partial charge in [0.2, 0.25) is 5.95 Å². The number of fused-ring (bicyclic) bond motifs is 1. The Bertz CT molecular complexity index is 633. The van der Waals surface area contributed by atoms with Gasteiger partial charge >= 0.3 is 0 Å². The average molecular weight is 260 g/mol. The summed E-state index contributed by atoms with van der Waals surface area (Å²) in [6, 6.07) is 5.19. The highest BCUT2D eigenvalue weighted by Gasteiger charge is 2.08. The normalized spacial score (nSPS) is 11.2. The maximum Gasteiger partial charge on any atom is 0.260 e. The quantitative estimate of drug-likeness (QED) is 0.824. The molecule has 0 radical (unpaired) electrons. The van der Waals surface area contributed by atoms with Crippen molar-refractivity contribution in [2.75, 3.05) is 24.2 Å². The van der Waals surface area contributed by atoms with Gasteiger partial charge in [0.05, 0.1) is 10.9 Å². The van der Waals surface area contributed by atoms with Crippen LogP contribution in [0.1, 0.15) is 20.3 Å². The van der Waals surface area contributed by atoms with Crippen molar-refractivity contribution in [1.29, 1.82) is 0 Å². The minimum atomic E-state index is -0.149. The molecular weight excluding hydrogens is 240 g/mol. The summed E-state index contributed by atoms with van der Waals surface area (Å²) in [5.74, 6) is 1.22. The molecule has 0 bridgehead atoms. The number of H-pyrrole nitrogens is 1. The maximum absolute atomic E-state index is 12.0. The number of aromatic nitrogens is 2. The minimum Gasteiger partial charge on any atom is -0.399 e. The van der Waals surface area contributed by atoms with E-state index < -0.39 is 0 Å². The Kier molecular flexibility index (Phi) is 3.74. The predicted molar refractivity (Wildman–Crippen MR) is 79.5 cm³/mol. The van der Waals surface area contributed by atoms with Gasteiger partial charge in [-0.15, -0.1) is 0 Å². The van der Waals surface area contributed by atoms with Crippen LogP contribution in [0.5, 0.6) is 0 Å². The lowest BCUT2D eigenvalue weighted by Crippen LogP contribution is -2.25. The molecule has 5 nitrogen and oxygen atoms in total. The summed E-state index contributed by atoms with van der Waals surface area (Å²) in [4.78, 5) is 21.3. The topological polar surface area (TPSA) is 75.0 Å². The van der Waals surface area contributed by atoms with Gasteiger partial charge in [0.15, 0.2) is 0 Å². The number of nitrogens with one attached hydrogen (secondary N) is 1. The van der Waals surface area contributed by atoms with E-state index in [0.717, 1.165) is 13.0 Å². The number of rotatable bonds is 4. The van der Waals surface area contributed by atoms with E-state index in [9.17, 15) is 4.79 Å². The third-order valence-corrected chi connectivity index (χ3v) is 3.12. The first kappa shape index (κ1) is 13.4. The molecule has 1 aromatic heterocycles. The summed E-state index contributed by atoms with van der Waals surface area (Å²) < 4.78 is 0. The number of aromatic amines is 1. The number of nitrogen functional groups attached to an aromatic ring is 1. The van der Waals surface area contributed by atoms with E-state index in [1.165, 1.54) is 0 Å². The lowest BCUT2D eigenvalue weighted by Gasteiger charge is -2.18. The lowest BCUT2D eigenvalue weighted by atomic mass is 10.1. The molecule has 3 N–H and O–H groups in total.